The second-order valence-electron chi connectivity index (χ2n) is 6.31. The number of nitrogens with zero attached hydrogens (tertiary/aromatic N) is 1. The van der Waals surface area contributed by atoms with Gasteiger partial charge in [0.25, 0.3) is 5.56 Å². The lowest BCUT2D eigenvalue weighted by Gasteiger charge is -2.11. The highest BCUT2D eigenvalue weighted by Gasteiger charge is 2.08. The Balaban J connectivity index is 1.83. The van der Waals surface area contributed by atoms with Crippen molar-refractivity contribution in [3.8, 4) is 11.5 Å². The van der Waals surface area contributed by atoms with E-state index in [0.717, 1.165) is 16.9 Å². The van der Waals surface area contributed by atoms with Crippen LogP contribution in [-0.4, -0.2) is 9.55 Å². The van der Waals surface area contributed by atoms with Crippen molar-refractivity contribution in [1.29, 1.82) is 0 Å². The second-order valence-corrected chi connectivity index (χ2v) is 6.72. The van der Waals surface area contributed by atoms with Gasteiger partial charge in [-0.2, -0.15) is 0 Å². The number of benzene rings is 2. The molecule has 0 aliphatic rings. The second kappa shape index (κ2) is 7.22. The van der Waals surface area contributed by atoms with E-state index in [1.165, 1.54) is 16.3 Å². The highest BCUT2D eigenvalue weighted by atomic mass is 35.5. The van der Waals surface area contributed by atoms with Gasteiger partial charge in [0.05, 0.1) is 11.6 Å². The van der Waals surface area contributed by atoms with Gasteiger partial charge in [0.1, 0.15) is 11.5 Å². The number of rotatable bonds is 4. The van der Waals surface area contributed by atoms with E-state index in [9.17, 15) is 9.59 Å². The van der Waals surface area contributed by atoms with Crippen molar-refractivity contribution in [3.05, 3.63) is 90.7 Å². The Bertz CT molecular complexity index is 1080. The molecule has 134 valence electrons. The van der Waals surface area contributed by atoms with Gasteiger partial charge in [-0.15, -0.1) is 0 Å². The third-order valence-electron chi connectivity index (χ3n) is 4.24. The number of H-pyrrole nitrogens is 1. The zero-order valence-electron chi connectivity index (χ0n) is 14.8. The van der Waals surface area contributed by atoms with Crippen molar-refractivity contribution in [3.63, 3.8) is 0 Å². The van der Waals surface area contributed by atoms with Crippen LogP contribution in [0.2, 0.25) is 5.02 Å². The standard InChI is InChI=1S/C20H19ClN2O3/c1-12-4-6-16(8-13(12)2)26-18-7-5-15(9-17(18)21)11-23-10-14(3)19(24)22-20(23)25/h4-10H,11H2,1-3H3,(H,22,24,25). The lowest BCUT2D eigenvalue weighted by Crippen LogP contribution is -2.31. The number of aromatic amines is 1. The Labute approximate surface area is 155 Å². The summed E-state index contributed by atoms with van der Waals surface area (Å²) in [7, 11) is 0. The van der Waals surface area contributed by atoms with Gasteiger partial charge in [-0.1, -0.05) is 23.7 Å². The molecule has 2 aromatic carbocycles. The first-order valence-corrected chi connectivity index (χ1v) is 8.55. The molecule has 0 fully saturated rings. The fourth-order valence-corrected chi connectivity index (χ4v) is 2.80. The summed E-state index contributed by atoms with van der Waals surface area (Å²) in [6, 6.07) is 11.2. The quantitative estimate of drug-likeness (QED) is 0.756. The summed E-state index contributed by atoms with van der Waals surface area (Å²) in [6.45, 7) is 6.03. The van der Waals surface area contributed by atoms with E-state index in [2.05, 4.69) is 4.98 Å². The van der Waals surface area contributed by atoms with Crippen LogP contribution in [0.4, 0.5) is 0 Å². The zero-order chi connectivity index (χ0) is 18.8. The van der Waals surface area contributed by atoms with Gasteiger partial charge in [0.2, 0.25) is 0 Å². The molecule has 26 heavy (non-hydrogen) atoms. The molecule has 0 aliphatic carbocycles. The number of aryl methyl sites for hydroxylation is 3. The van der Waals surface area contributed by atoms with Gasteiger partial charge in [0.15, 0.2) is 0 Å². The van der Waals surface area contributed by atoms with Crippen LogP contribution in [0.5, 0.6) is 11.5 Å². The molecule has 0 saturated heterocycles. The van der Waals surface area contributed by atoms with E-state index in [1.54, 1.807) is 19.1 Å². The van der Waals surface area contributed by atoms with Gasteiger partial charge in [-0.25, -0.2) is 4.79 Å². The Morgan fingerprint density at radius 2 is 1.77 bits per heavy atom. The molecule has 0 amide bonds. The predicted octanol–water partition coefficient (Wildman–Crippen LogP) is 3.96. The lowest BCUT2D eigenvalue weighted by atomic mass is 10.1. The van der Waals surface area contributed by atoms with Crippen LogP contribution in [0.3, 0.4) is 0 Å². The van der Waals surface area contributed by atoms with Crippen LogP contribution < -0.4 is 16.0 Å². The molecule has 0 unspecified atom stereocenters. The molecule has 0 saturated carbocycles. The molecule has 0 radical (unpaired) electrons. The third kappa shape index (κ3) is 3.89. The average molecular weight is 371 g/mol. The largest absolute Gasteiger partial charge is 0.456 e. The summed E-state index contributed by atoms with van der Waals surface area (Å²) in [4.78, 5) is 25.6. The number of aromatic nitrogens is 2. The van der Waals surface area contributed by atoms with Crippen LogP contribution in [0.25, 0.3) is 0 Å². The smallest absolute Gasteiger partial charge is 0.328 e. The Hall–Kier alpha value is -2.79. The third-order valence-corrected chi connectivity index (χ3v) is 4.54. The molecular weight excluding hydrogens is 352 g/mol. The van der Waals surface area contributed by atoms with E-state index < -0.39 is 5.69 Å². The van der Waals surface area contributed by atoms with E-state index in [4.69, 9.17) is 16.3 Å². The molecule has 1 heterocycles. The minimum Gasteiger partial charge on any atom is -0.456 e. The van der Waals surface area contributed by atoms with E-state index in [0.29, 0.717) is 22.9 Å². The molecule has 1 N–H and O–H groups in total. The molecule has 0 aliphatic heterocycles. The van der Waals surface area contributed by atoms with Crippen molar-refractivity contribution in [2.24, 2.45) is 0 Å². The molecule has 6 heteroatoms. The Kier molecular flexibility index (Phi) is 5.00. The fraction of sp³-hybridized carbons (Fsp3) is 0.200. The van der Waals surface area contributed by atoms with E-state index >= 15 is 0 Å². The van der Waals surface area contributed by atoms with Gasteiger partial charge in [-0.3, -0.25) is 14.3 Å². The molecule has 3 aromatic rings. The van der Waals surface area contributed by atoms with Crippen LogP contribution in [0, 0.1) is 20.8 Å². The first-order chi connectivity index (χ1) is 12.3. The topological polar surface area (TPSA) is 64.1 Å². The SMILES string of the molecule is Cc1ccc(Oc2ccc(Cn3cc(C)c(=O)[nH]c3=O)cc2Cl)cc1C. The van der Waals surface area contributed by atoms with Crippen molar-refractivity contribution in [2.75, 3.05) is 0 Å². The molecule has 5 nitrogen and oxygen atoms in total. The number of nitrogens with one attached hydrogen (secondary N) is 1. The number of hydrogen-bond acceptors (Lipinski definition) is 3. The minimum absolute atomic E-state index is 0.306. The lowest BCUT2D eigenvalue weighted by molar-refractivity contribution is 0.482. The van der Waals surface area contributed by atoms with Gasteiger partial charge < -0.3 is 4.74 Å². The fourth-order valence-electron chi connectivity index (χ4n) is 2.56. The molecular formula is C20H19ClN2O3. The normalized spacial score (nSPS) is 10.8. The first-order valence-electron chi connectivity index (χ1n) is 8.17. The van der Waals surface area contributed by atoms with Gasteiger partial charge >= 0.3 is 5.69 Å². The van der Waals surface area contributed by atoms with Crippen molar-refractivity contribution in [2.45, 2.75) is 27.3 Å². The van der Waals surface area contributed by atoms with Crippen molar-refractivity contribution >= 4 is 11.6 Å². The van der Waals surface area contributed by atoms with Gasteiger partial charge in [0, 0.05) is 11.8 Å². The number of ether oxygens (including phenoxy) is 1. The van der Waals surface area contributed by atoms with Crippen molar-refractivity contribution < 1.29 is 4.74 Å². The van der Waals surface area contributed by atoms with Crippen LogP contribution in [0.15, 0.2) is 52.2 Å². The highest BCUT2D eigenvalue weighted by molar-refractivity contribution is 6.32. The van der Waals surface area contributed by atoms with Crippen LogP contribution in [0.1, 0.15) is 22.3 Å². The summed E-state index contributed by atoms with van der Waals surface area (Å²) in [5, 5.41) is 0.454. The van der Waals surface area contributed by atoms with Gasteiger partial charge in [-0.05, 0) is 61.7 Å². The van der Waals surface area contributed by atoms with E-state index in [1.807, 2.05) is 38.1 Å². The summed E-state index contributed by atoms with van der Waals surface area (Å²) in [5.74, 6) is 1.26. The Morgan fingerprint density at radius 3 is 2.46 bits per heavy atom. The molecule has 1 aromatic heterocycles. The molecule has 0 bridgehead atoms. The maximum atomic E-state index is 11.9. The molecule has 0 spiro atoms. The molecule has 3 rings (SSSR count). The summed E-state index contributed by atoms with van der Waals surface area (Å²) in [6.07, 6.45) is 1.54. The minimum atomic E-state index is -0.452. The molecule has 0 atom stereocenters. The van der Waals surface area contributed by atoms with E-state index in [-0.39, 0.29) is 5.56 Å². The average Bonchev–Trinajstić information content (AvgIpc) is 2.58. The summed E-state index contributed by atoms with van der Waals surface area (Å²) >= 11 is 6.34. The summed E-state index contributed by atoms with van der Waals surface area (Å²) in [5.41, 5.74) is 2.82. The van der Waals surface area contributed by atoms with Crippen molar-refractivity contribution in [1.82, 2.24) is 9.55 Å². The number of hydrogen-bond donors (Lipinski definition) is 1. The maximum Gasteiger partial charge on any atom is 0.328 e. The first kappa shape index (κ1) is 18.0. The van der Waals surface area contributed by atoms with Crippen LogP contribution >= 0.6 is 11.6 Å². The maximum absolute atomic E-state index is 11.9. The summed E-state index contributed by atoms with van der Waals surface area (Å²) < 4.78 is 7.30. The highest BCUT2D eigenvalue weighted by Crippen LogP contribution is 2.31. The van der Waals surface area contributed by atoms with Crippen LogP contribution in [-0.2, 0) is 6.54 Å². The Morgan fingerprint density at radius 1 is 1.00 bits per heavy atom. The predicted molar refractivity (Wildman–Crippen MR) is 103 cm³/mol. The number of halogens is 1. The zero-order valence-corrected chi connectivity index (χ0v) is 15.6. The monoisotopic (exact) mass is 370 g/mol.